The van der Waals surface area contributed by atoms with Gasteiger partial charge in [-0.3, -0.25) is 9.89 Å². The summed E-state index contributed by atoms with van der Waals surface area (Å²) in [6.45, 7) is 11.9. The Labute approximate surface area is 165 Å². The molecule has 3 N–H and O–H groups in total. The molecule has 0 radical (unpaired) electrons. The highest BCUT2D eigenvalue weighted by Crippen LogP contribution is 2.26. The van der Waals surface area contributed by atoms with Gasteiger partial charge in [-0.25, -0.2) is 0 Å². The maximum absolute atomic E-state index is 10.3. The van der Waals surface area contributed by atoms with Gasteiger partial charge >= 0.3 is 0 Å². The van der Waals surface area contributed by atoms with Crippen molar-refractivity contribution in [3.8, 4) is 0 Å². The quantitative estimate of drug-likeness (QED) is 0.460. The first kappa shape index (κ1) is 21.4. The second-order valence-corrected chi connectivity index (χ2v) is 8.46. The van der Waals surface area contributed by atoms with Gasteiger partial charge in [0.05, 0.1) is 24.1 Å². The van der Waals surface area contributed by atoms with E-state index < -0.39 is 6.10 Å². The number of ether oxygens (including phenoxy) is 1. The second-order valence-electron chi connectivity index (χ2n) is 6.72. The van der Waals surface area contributed by atoms with Crippen molar-refractivity contribution in [3.05, 3.63) is 21.3 Å². The number of rotatable bonds is 8. The zero-order valence-electron chi connectivity index (χ0n) is 15.9. The number of thiophene rings is 1. The molecule has 26 heavy (non-hydrogen) atoms. The average Bonchev–Trinajstić information content (AvgIpc) is 3.06. The first-order chi connectivity index (χ1) is 12.5. The molecule has 0 aliphatic carbocycles. The predicted molar refractivity (Wildman–Crippen MR) is 109 cm³/mol. The molecule has 1 fully saturated rings. The van der Waals surface area contributed by atoms with E-state index in [9.17, 15) is 5.11 Å². The Balaban J connectivity index is 1.93. The number of guanidine groups is 1. The molecule has 0 spiro atoms. The van der Waals surface area contributed by atoms with Gasteiger partial charge in [0.25, 0.3) is 0 Å². The number of hydrogen-bond donors (Lipinski definition) is 3. The lowest BCUT2D eigenvalue weighted by molar-refractivity contribution is 0.00867. The summed E-state index contributed by atoms with van der Waals surface area (Å²) in [5.41, 5.74) is 0. The Bertz CT molecular complexity index is 561. The van der Waals surface area contributed by atoms with Crippen molar-refractivity contribution in [1.82, 2.24) is 15.5 Å². The van der Waals surface area contributed by atoms with E-state index in [0.29, 0.717) is 29.4 Å². The molecule has 2 heterocycles. The second kappa shape index (κ2) is 11.1. The fraction of sp³-hybridized carbons (Fsp3) is 0.722. The summed E-state index contributed by atoms with van der Waals surface area (Å²) in [6.07, 6.45) is -0.600. The van der Waals surface area contributed by atoms with E-state index in [2.05, 4.69) is 29.4 Å². The summed E-state index contributed by atoms with van der Waals surface area (Å²) in [5.74, 6) is 1.24. The summed E-state index contributed by atoms with van der Waals surface area (Å²) in [5, 5.41) is 16.8. The first-order valence-electron chi connectivity index (χ1n) is 9.28. The van der Waals surface area contributed by atoms with E-state index in [1.54, 1.807) is 6.07 Å². The molecule has 0 amide bonds. The van der Waals surface area contributed by atoms with E-state index in [1.807, 2.05) is 13.0 Å². The largest absolute Gasteiger partial charge is 0.386 e. The number of aliphatic hydroxyl groups is 1. The third kappa shape index (κ3) is 6.70. The van der Waals surface area contributed by atoms with Gasteiger partial charge in [-0.2, -0.15) is 0 Å². The summed E-state index contributed by atoms with van der Waals surface area (Å²) >= 11 is 7.34. The Kier molecular flexibility index (Phi) is 9.15. The maximum atomic E-state index is 10.3. The fourth-order valence-electron chi connectivity index (χ4n) is 2.98. The van der Waals surface area contributed by atoms with E-state index in [4.69, 9.17) is 21.3 Å². The van der Waals surface area contributed by atoms with Gasteiger partial charge < -0.3 is 20.5 Å². The monoisotopic (exact) mass is 402 g/mol. The van der Waals surface area contributed by atoms with Crippen LogP contribution in [0.5, 0.6) is 0 Å². The van der Waals surface area contributed by atoms with Crippen LogP contribution in [0.1, 0.15) is 31.8 Å². The zero-order valence-corrected chi connectivity index (χ0v) is 17.4. The maximum Gasteiger partial charge on any atom is 0.191 e. The lowest BCUT2D eigenvalue weighted by Gasteiger charge is -2.36. The minimum atomic E-state index is -0.600. The SMILES string of the molecule is CCNC(=NCC(C(C)C)N1CCOCC1)NCC(O)c1ccc(Cl)s1. The van der Waals surface area contributed by atoms with Crippen molar-refractivity contribution >= 4 is 28.9 Å². The molecule has 2 rings (SSSR count). The first-order valence-corrected chi connectivity index (χ1v) is 10.5. The van der Waals surface area contributed by atoms with Gasteiger partial charge in [0.15, 0.2) is 5.96 Å². The molecule has 0 aromatic carbocycles. The van der Waals surface area contributed by atoms with Crippen LogP contribution in [0, 0.1) is 5.92 Å². The predicted octanol–water partition coefficient (Wildman–Crippen LogP) is 2.35. The van der Waals surface area contributed by atoms with Crippen molar-refractivity contribution in [1.29, 1.82) is 0 Å². The highest BCUT2D eigenvalue weighted by Gasteiger charge is 2.23. The standard InChI is InChI=1S/C18H31ClN4O2S/c1-4-20-18(22-12-15(24)16-5-6-17(19)26-16)21-11-14(13(2)3)23-7-9-25-10-8-23/h5-6,13-15,24H,4,7-12H2,1-3H3,(H2,20,21,22). The summed E-state index contributed by atoms with van der Waals surface area (Å²) in [7, 11) is 0. The van der Waals surface area contributed by atoms with Crippen LogP contribution in [0.4, 0.5) is 0 Å². The van der Waals surface area contributed by atoms with Crippen molar-refractivity contribution in [2.45, 2.75) is 32.9 Å². The molecular formula is C18H31ClN4O2S. The Hall–Kier alpha value is -0.860. The Morgan fingerprint density at radius 3 is 2.65 bits per heavy atom. The topological polar surface area (TPSA) is 69.1 Å². The number of hydrogen-bond acceptors (Lipinski definition) is 5. The van der Waals surface area contributed by atoms with Gasteiger partial charge in [-0.05, 0) is 25.0 Å². The van der Waals surface area contributed by atoms with Crippen LogP contribution in [-0.2, 0) is 4.74 Å². The fourth-order valence-corrected chi connectivity index (χ4v) is 4.03. The summed E-state index contributed by atoms with van der Waals surface area (Å²) < 4.78 is 6.15. The highest BCUT2D eigenvalue weighted by molar-refractivity contribution is 7.16. The van der Waals surface area contributed by atoms with Crippen LogP contribution in [0.25, 0.3) is 0 Å². The lowest BCUT2D eigenvalue weighted by Crippen LogP contribution is -2.48. The average molecular weight is 403 g/mol. The normalized spacial score (nSPS) is 18.8. The van der Waals surface area contributed by atoms with E-state index in [1.165, 1.54) is 11.3 Å². The van der Waals surface area contributed by atoms with Crippen molar-refractivity contribution in [2.24, 2.45) is 10.9 Å². The number of halogens is 1. The van der Waals surface area contributed by atoms with E-state index in [0.717, 1.165) is 43.7 Å². The van der Waals surface area contributed by atoms with Crippen molar-refractivity contribution < 1.29 is 9.84 Å². The molecule has 0 saturated carbocycles. The molecule has 148 valence electrons. The Morgan fingerprint density at radius 1 is 1.35 bits per heavy atom. The minimum absolute atomic E-state index is 0.385. The van der Waals surface area contributed by atoms with Crippen molar-refractivity contribution in [2.75, 3.05) is 45.9 Å². The number of morpholine rings is 1. The minimum Gasteiger partial charge on any atom is -0.386 e. The number of aliphatic imine (C=N–C) groups is 1. The molecule has 0 bridgehead atoms. The summed E-state index contributed by atoms with van der Waals surface area (Å²) in [4.78, 5) is 8.07. The molecule has 2 unspecified atom stereocenters. The molecule has 1 saturated heterocycles. The van der Waals surface area contributed by atoms with Crippen LogP contribution in [0.3, 0.4) is 0 Å². The van der Waals surface area contributed by atoms with Gasteiger partial charge in [0, 0.05) is 37.1 Å². The Morgan fingerprint density at radius 2 is 2.08 bits per heavy atom. The smallest absolute Gasteiger partial charge is 0.191 e. The van der Waals surface area contributed by atoms with Gasteiger partial charge in [0.1, 0.15) is 6.10 Å². The number of nitrogens with zero attached hydrogens (tertiary/aromatic N) is 2. The van der Waals surface area contributed by atoms with Gasteiger partial charge in [-0.1, -0.05) is 25.4 Å². The van der Waals surface area contributed by atoms with Gasteiger partial charge in [-0.15, -0.1) is 11.3 Å². The van der Waals surface area contributed by atoms with Crippen LogP contribution in [0.15, 0.2) is 17.1 Å². The van der Waals surface area contributed by atoms with Crippen molar-refractivity contribution in [3.63, 3.8) is 0 Å². The molecular weight excluding hydrogens is 372 g/mol. The molecule has 1 aliphatic rings. The molecule has 1 aliphatic heterocycles. The van der Waals surface area contributed by atoms with Crippen LogP contribution in [0.2, 0.25) is 4.34 Å². The molecule has 6 nitrogen and oxygen atoms in total. The number of nitrogens with one attached hydrogen (secondary N) is 2. The van der Waals surface area contributed by atoms with E-state index in [-0.39, 0.29) is 0 Å². The van der Waals surface area contributed by atoms with Gasteiger partial charge in [0.2, 0.25) is 0 Å². The van der Waals surface area contributed by atoms with Crippen LogP contribution < -0.4 is 10.6 Å². The lowest BCUT2D eigenvalue weighted by atomic mass is 10.0. The molecule has 1 aromatic rings. The summed E-state index contributed by atoms with van der Waals surface area (Å²) in [6, 6.07) is 4.05. The number of aliphatic hydroxyl groups excluding tert-OH is 1. The molecule has 8 heteroatoms. The molecule has 2 atom stereocenters. The zero-order chi connectivity index (χ0) is 18.9. The third-order valence-corrected chi connectivity index (χ3v) is 5.78. The highest BCUT2D eigenvalue weighted by atomic mass is 35.5. The third-order valence-electron chi connectivity index (χ3n) is 4.45. The van der Waals surface area contributed by atoms with Crippen LogP contribution in [-0.4, -0.2) is 67.9 Å². The van der Waals surface area contributed by atoms with Crippen LogP contribution >= 0.6 is 22.9 Å². The molecule has 1 aromatic heterocycles. The van der Waals surface area contributed by atoms with E-state index >= 15 is 0 Å².